The Kier molecular flexibility index (Phi) is 7.58. The summed E-state index contributed by atoms with van der Waals surface area (Å²) in [6, 6.07) is 15.5. The second-order valence-electron chi connectivity index (χ2n) is 10.1. The lowest BCUT2D eigenvalue weighted by molar-refractivity contribution is -0.137. The zero-order valence-electron chi connectivity index (χ0n) is 22.1. The smallest absolute Gasteiger partial charge is 0.323 e. The van der Waals surface area contributed by atoms with Crippen LogP contribution in [0.2, 0.25) is 0 Å². The molecule has 3 aromatic rings. The molecule has 208 valence electrons. The number of amides is 1. The molecule has 0 radical (unpaired) electrons. The first-order valence-electron chi connectivity index (χ1n) is 13.2. The Morgan fingerprint density at radius 2 is 1.95 bits per heavy atom. The Hall–Kier alpha value is -2.60. The maximum absolute atomic E-state index is 13.4. The first-order valence-corrected chi connectivity index (χ1v) is 16.6. The third-order valence-corrected chi connectivity index (χ3v) is 11.5. The van der Waals surface area contributed by atoms with Gasteiger partial charge in [-0.1, -0.05) is 24.2 Å². The highest BCUT2D eigenvalue weighted by molar-refractivity contribution is 8.18. The largest absolute Gasteiger partial charge is 0.480 e. The highest BCUT2D eigenvalue weighted by Crippen LogP contribution is 2.52. The summed E-state index contributed by atoms with van der Waals surface area (Å²) in [6.45, 7) is 1.84. The summed E-state index contributed by atoms with van der Waals surface area (Å²) in [6.07, 6.45) is 7.36. The van der Waals surface area contributed by atoms with Crippen LogP contribution >= 0.6 is 47.5 Å². The second-order valence-corrected chi connectivity index (χ2v) is 13.9. The van der Waals surface area contributed by atoms with Gasteiger partial charge in [0, 0.05) is 34.8 Å². The summed E-state index contributed by atoms with van der Waals surface area (Å²) in [5.74, 6) is -0.926. The number of aliphatic carboxylic acids is 1. The van der Waals surface area contributed by atoms with E-state index in [9.17, 15) is 19.5 Å². The summed E-state index contributed by atoms with van der Waals surface area (Å²) < 4.78 is 1.62. The van der Waals surface area contributed by atoms with Gasteiger partial charge in [0.15, 0.2) is 0 Å². The number of aromatic nitrogens is 1. The molecule has 0 spiro atoms. The van der Waals surface area contributed by atoms with Crippen molar-refractivity contribution in [3.63, 3.8) is 0 Å². The topological polar surface area (TPSA) is 82.9 Å². The molecule has 11 heteroatoms. The van der Waals surface area contributed by atoms with Crippen molar-refractivity contribution in [3.8, 4) is 0 Å². The van der Waals surface area contributed by atoms with E-state index < -0.39 is 18.1 Å². The van der Waals surface area contributed by atoms with Crippen molar-refractivity contribution in [1.82, 2.24) is 9.47 Å². The maximum Gasteiger partial charge on any atom is 0.323 e. The molecular formula is C29H29N3O4S4. The molecule has 1 saturated heterocycles. The van der Waals surface area contributed by atoms with Crippen LogP contribution < -0.4 is 19.7 Å². The number of carboxylic acid groups (broad SMARTS) is 1. The van der Waals surface area contributed by atoms with Crippen LogP contribution in [0.4, 0.5) is 11.4 Å². The Morgan fingerprint density at radius 1 is 1.18 bits per heavy atom. The number of thioether (sulfide) groups is 2. The Morgan fingerprint density at radius 3 is 2.62 bits per heavy atom. The molecule has 1 amide bonds. The van der Waals surface area contributed by atoms with E-state index in [4.69, 9.17) is 0 Å². The van der Waals surface area contributed by atoms with Gasteiger partial charge in [-0.05, 0) is 79.6 Å². The predicted octanol–water partition coefficient (Wildman–Crippen LogP) is 4.25. The van der Waals surface area contributed by atoms with Gasteiger partial charge >= 0.3 is 5.97 Å². The zero-order valence-corrected chi connectivity index (χ0v) is 25.4. The number of anilines is 2. The first kappa shape index (κ1) is 27.6. The molecule has 3 atom stereocenters. The van der Waals surface area contributed by atoms with Crippen LogP contribution in [0.5, 0.6) is 0 Å². The van der Waals surface area contributed by atoms with Gasteiger partial charge in [0.2, 0.25) is 0 Å². The van der Waals surface area contributed by atoms with E-state index >= 15 is 0 Å². The van der Waals surface area contributed by atoms with Crippen molar-refractivity contribution < 1.29 is 14.7 Å². The highest BCUT2D eigenvalue weighted by Gasteiger charge is 2.42. The fourth-order valence-corrected chi connectivity index (χ4v) is 9.37. The van der Waals surface area contributed by atoms with Crippen LogP contribution in [0.3, 0.4) is 0 Å². The fourth-order valence-electron chi connectivity index (χ4n) is 6.05. The van der Waals surface area contributed by atoms with E-state index in [1.807, 2.05) is 19.1 Å². The maximum atomic E-state index is 13.4. The fraction of sp³-hybridized carbons (Fsp3) is 0.345. The molecule has 3 heterocycles. The lowest BCUT2D eigenvalue weighted by Gasteiger charge is -2.27. The average molecular weight is 612 g/mol. The van der Waals surface area contributed by atoms with Crippen LogP contribution in [0.15, 0.2) is 52.2 Å². The molecule has 1 aromatic heterocycles. The molecule has 1 N–H and O–H groups in total. The van der Waals surface area contributed by atoms with Crippen LogP contribution in [-0.2, 0) is 16.1 Å². The van der Waals surface area contributed by atoms with Crippen molar-refractivity contribution in [1.29, 1.82) is 0 Å². The second kappa shape index (κ2) is 11.0. The minimum Gasteiger partial charge on any atom is -0.480 e. The molecule has 3 unspecified atom stereocenters. The summed E-state index contributed by atoms with van der Waals surface area (Å²) in [7, 11) is 0. The lowest BCUT2D eigenvalue weighted by atomic mass is 9.96. The molecule has 2 fully saturated rings. The number of thiazole rings is 1. The Labute approximate surface area is 250 Å². The number of thiol groups is 1. The van der Waals surface area contributed by atoms with Gasteiger partial charge in [-0.15, -0.1) is 35.7 Å². The number of carbonyl (C=O) groups excluding carboxylic acids is 1. The van der Waals surface area contributed by atoms with Crippen molar-refractivity contribution in [3.05, 3.63) is 73.1 Å². The number of hydrogen-bond donors (Lipinski definition) is 2. The van der Waals surface area contributed by atoms with Gasteiger partial charge in [0.1, 0.15) is 20.8 Å². The number of carbonyl (C=O) groups is 2. The van der Waals surface area contributed by atoms with E-state index in [0.717, 1.165) is 18.4 Å². The molecule has 0 bridgehead atoms. The van der Waals surface area contributed by atoms with Crippen molar-refractivity contribution in [2.75, 3.05) is 17.7 Å². The normalized spacial score (nSPS) is 23.7. The Balaban J connectivity index is 1.45. The van der Waals surface area contributed by atoms with E-state index in [2.05, 4.69) is 60.2 Å². The molecule has 2 aliphatic heterocycles. The number of rotatable bonds is 6. The van der Waals surface area contributed by atoms with Gasteiger partial charge in [-0.2, -0.15) is 0 Å². The number of nitrogens with zero attached hydrogens (tertiary/aromatic N) is 3. The minimum atomic E-state index is -1.13. The number of hydrogen-bond acceptors (Lipinski definition) is 8. The SMILES string of the molecule is CCN1C(=O)/C(=c2\s/c(=C/c3ccc4c(c3)C3CCCC3N4c3ccc(SC)cc3)c(=O)n2CC(=O)O)SC1S. The third kappa shape index (κ3) is 4.70. The van der Waals surface area contributed by atoms with Crippen molar-refractivity contribution >= 4 is 81.7 Å². The molecule has 6 rings (SSSR count). The highest BCUT2D eigenvalue weighted by atomic mass is 32.2. The molecule has 3 aliphatic rings. The molecular weight excluding hydrogens is 583 g/mol. The van der Waals surface area contributed by atoms with Gasteiger partial charge in [0.25, 0.3) is 11.5 Å². The number of benzene rings is 2. The molecule has 1 saturated carbocycles. The number of fused-ring (bicyclic) bond motifs is 3. The zero-order chi connectivity index (χ0) is 28.1. The summed E-state index contributed by atoms with van der Waals surface area (Å²) >= 11 is 8.66. The Bertz CT molecular complexity index is 1680. The molecule has 2 aromatic carbocycles. The van der Waals surface area contributed by atoms with Crippen LogP contribution in [0.25, 0.3) is 11.0 Å². The van der Waals surface area contributed by atoms with Gasteiger partial charge in [-0.25, -0.2) is 0 Å². The number of carboxylic acids is 1. The summed E-state index contributed by atoms with van der Waals surface area (Å²) in [4.78, 5) is 43.8. The summed E-state index contributed by atoms with van der Waals surface area (Å²) in [5.41, 5.74) is 4.20. The third-order valence-electron chi connectivity index (χ3n) is 7.85. The average Bonchev–Trinajstić information content (AvgIpc) is 3.67. The minimum absolute atomic E-state index is 0.227. The molecule has 7 nitrogen and oxygen atoms in total. The van der Waals surface area contributed by atoms with Crippen LogP contribution in [-0.4, -0.2) is 50.0 Å². The van der Waals surface area contributed by atoms with Crippen molar-refractivity contribution in [2.24, 2.45) is 0 Å². The van der Waals surface area contributed by atoms with Crippen LogP contribution in [0, 0.1) is 0 Å². The monoisotopic (exact) mass is 611 g/mol. The van der Waals surface area contributed by atoms with E-state index in [1.54, 1.807) is 16.7 Å². The molecule has 40 heavy (non-hydrogen) atoms. The first-order chi connectivity index (χ1) is 19.3. The van der Waals surface area contributed by atoms with Crippen LogP contribution in [0.1, 0.15) is 43.2 Å². The van der Waals surface area contributed by atoms with Gasteiger partial charge in [0.05, 0.1) is 4.53 Å². The standard InChI is InChI=1S/C29H29N3O4S4/c1-3-30-27(36)25(40-29(30)37)28-31(15-24(33)34)26(35)23(39-28)14-16-7-12-22-20(13-16)19-5-4-6-21(19)32(22)17-8-10-18(38-2)11-9-17/h7-14,19,21,29,37H,3-6,15H2,1-2H3,(H,33,34)/b23-14+,28-25+. The van der Waals surface area contributed by atoms with E-state index in [1.165, 1.54) is 55.9 Å². The summed E-state index contributed by atoms with van der Waals surface area (Å²) in [5, 5.41) is 9.52. The van der Waals surface area contributed by atoms with E-state index in [0.29, 0.717) is 32.6 Å². The lowest BCUT2D eigenvalue weighted by Crippen LogP contribution is -2.35. The predicted molar refractivity (Wildman–Crippen MR) is 167 cm³/mol. The van der Waals surface area contributed by atoms with Gasteiger partial charge < -0.3 is 14.9 Å². The van der Waals surface area contributed by atoms with Crippen molar-refractivity contribution in [2.45, 2.75) is 54.3 Å². The molecule has 1 aliphatic carbocycles. The quantitative estimate of drug-likeness (QED) is 0.319. The van der Waals surface area contributed by atoms with Gasteiger partial charge in [-0.3, -0.25) is 19.0 Å². The van der Waals surface area contributed by atoms with E-state index in [-0.39, 0.29) is 10.6 Å².